The van der Waals surface area contributed by atoms with Crippen molar-refractivity contribution in [2.24, 2.45) is 11.8 Å². The highest BCUT2D eigenvalue weighted by Gasteiger charge is 2.36. The third kappa shape index (κ3) is 3.02. The van der Waals surface area contributed by atoms with E-state index in [0.717, 1.165) is 32.7 Å². The molecule has 2 heterocycles. The second-order valence-electron chi connectivity index (χ2n) is 5.67. The molecule has 102 valence electrons. The predicted octanol–water partition coefficient (Wildman–Crippen LogP) is -0.0773. The smallest absolute Gasteiger partial charge is 0.228 e. The molecule has 2 aliphatic rings. The molecule has 1 N–H and O–H groups in total. The van der Waals surface area contributed by atoms with Gasteiger partial charge in [-0.2, -0.15) is 0 Å². The van der Waals surface area contributed by atoms with Gasteiger partial charge in [0.1, 0.15) is 0 Å². The first-order valence-electron chi connectivity index (χ1n) is 6.85. The third-order valence-electron chi connectivity index (χ3n) is 3.58. The maximum Gasteiger partial charge on any atom is 0.228 e. The van der Waals surface area contributed by atoms with Crippen LogP contribution >= 0.6 is 0 Å². The molecule has 1 unspecified atom stereocenters. The molecule has 1 atom stereocenters. The van der Waals surface area contributed by atoms with Crippen LogP contribution in [0.4, 0.5) is 0 Å². The van der Waals surface area contributed by atoms with E-state index >= 15 is 0 Å². The van der Waals surface area contributed by atoms with Crippen LogP contribution in [0.5, 0.6) is 0 Å². The van der Waals surface area contributed by atoms with Crippen molar-refractivity contribution < 1.29 is 9.59 Å². The molecule has 0 spiro atoms. The Labute approximate surface area is 108 Å². The Morgan fingerprint density at radius 1 is 1.39 bits per heavy atom. The van der Waals surface area contributed by atoms with E-state index in [1.54, 1.807) is 0 Å². The molecular formula is C13H23N3O2. The van der Waals surface area contributed by atoms with Gasteiger partial charge in [-0.05, 0) is 5.92 Å². The number of nitrogens with zero attached hydrogens (tertiary/aromatic N) is 2. The van der Waals surface area contributed by atoms with Crippen molar-refractivity contribution in [1.29, 1.82) is 0 Å². The van der Waals surface area contributed by atoms with Gasteiger partial charge in [-0.1, -0.05) is 13.8 Å². The minimum atomic E-state index is -0.116. The highest BCUT2D eigenvalue weighted by atomic mass is 16.2. The fourth-order valence-electron chi connectivity index (χ4n) is 2.70. The highest BCUT2D eigenvalue weighted by molar-refractivity contribution is 5.89. The Morgan fingerprint density at radius 3 is 2.67 bits per heavy atom. The molecule has 0 aliphatic carbocycles. The number of amides is 2. The number of hydrogen-bond acceptors (Lipinski definition) is 3. The Kier molecular flexibility index (Phi) is 4.22. The molecule has 2 aliphatic heterocycles. The molecule has 0 bridgehead atoms. The van der Waals surface area contributed by atoms with Crippen LogP contribution in [0.2, 0.25) is 0 Å². The van der Waals surface area contributed by atoms with Crippen LogP contribution in [-0.2, 0) is 9.59 Å². The van der Waals surface area contributed by atoms with Crippen molar-refractivity contribution in [2.45, 2.75) is 20.3 Å². The third-order valence-corrected chi connectivity index (χ3v) is 3.58. The van der Waals surface area contributed by atoms with E-state index in [1.165, 1.54) is 0 Å². The Hall–Kier alpha value is -1.10. The second kappa shape index (κ2) is 5.69. The summed E-state index contributed by atoms with van der Waals surface area (Å²) in [4.78, 5) is 27.9. The summed E-state index contributed by atoms with van der Waals surface area (Å²) in [5.74, 6) is 0.643. The monoisotopic (exact) mass is 253 g/mol. The largest absolute Gasteiger partial charge is 0.342 e. The number of hydrogen-bond donors (Lipinski definition) is 1. The summed E-state index contributed by atoms with van der Waals surface area (Å²) in [6.07, 6.45) is 0.398. The van der Waals surface area contributed by atoms with Gasteiger partial charge in [0.05, 0.1) is 5.92 Å². The van der Waals surface area contributed by atoms with Crippen LogP contribution in [0.1, 0.15) is 20.3 Å². The van der Waals surface area contributed by atoms with E-state index in [4.69, 9.17) is 0 Å². The summed E-state index contributed by atoms with van der Waals surface area (Å²) in [7, 11) is 0. The molecule has 2 amide bonds. The number of piperazine rings is 1. The van der Waals surface area contributed by atoms with E-state index in [-0.39, 0.29) is 17.7 Å². The summed E-state index contributed by atoms with van der Waals surface area (Å²) >= 11 is 0. The van der Waals surface area contributed by atoms with E-state index in [0.29, 0.717) is 18.9 Å². The van der Waals surface area contributed by atoms with Gasteiger partial charge in [0.15, 0.2) is 0 Å². The molecular weight excluding hydrogens is 230 g/mol. The first kappa shape index (κ1) is 13.3. The number of carbonyl (C=O) groups excluding carboxylic acids is 2. The zero-order valence-corrected chi connectivity index (χ0v) is 11.3. The lowest BCUT2D eigenvalue weighted by Crippen LogP contribution is -2.48. The van der Waals surface area contributed by atoms with Crippen LogP contribution in [0.3, 0.4) is 0 Å². The van der Waals surface area contributed by atoms with Gasteiger partial charge in [-0.15, -0.1) is 0 Å². The predicted molar refractivity (Wildman–Crippen MR) is 69.0 cm³/mol. The topological polar surface area (TPSA) is 52.7 Å². The summed E-state index contributed by atoms with van der Waals surface area (Å²) in [5, 5.41) is 3.23. The summed E-state index contributed by atoms with van der Waals surface area (Å²) in [6.45, 7) is 8.84. The van der Waals surface area contributed by atoms with Crippen molar-refractivity contribution in [3.05, 3.63) is 0 Å². The number of rotatable bonds is 3. The van der Waals surface area contributed by atoms with Gasteiger partial charge < -0.3 is 15.1 Å². The average Bonchev–Trinajstić information content (AvgIpc) is 2.70. The van der Waals surface area contributed by atoms with E-state index in [2.05, 4.69) is 19.2 Å². The molecule has 0 radical (unpaired) electrons. The summed E-state index contributed by atoms with van der Waals surface area (Å²) in [5.41, 5.74) is 0. The fraction of sp³-hybridized carbons (Fsp3) is 0.846. The van der Waals surface area contributed by atoms with Crippen LogP contribution in [0.25, 0.3) is 0 Å². The van der Waals surface area contributed by atoms with Crippen LogP contribution in [0, 0.1) is 11.8 Å². The Morgan fingerprint density at radius 2 is 2.06 bits per heavy atom. The Balaban J connectivity index is 1.90. The molecule has 0 aromatic rings. The van der Waals surface area contributed by atoms with Crippen LogP contribution in [0.15, 0.2) is 0 Å². The van der Waals surface area contributed by atoms with Crippen molar-refractivity contribution in [1.82, 2.24) is 15.1 Å². The minimum Gasteiger partial charge on any atom is -0.342 e. The molecule has 2 fully saturated rings. The number of carbonyl (C=O) groups is 2. The van der Waals surface area contributed by atoms with Crippen LogP contribution in [-0.4, -0.2) is 60.9 Å². The molecule has 18 heavy (non-hydrogen) atoms. The molecule has 0 aromatic heterocycles. The number of nitrogens with one attached hydrogen (secondary N) is 1. The van der Waals surface area contributed by atoms with E-state index < -0.39 is 0 Å². The first-order valence-corrected chi connectivity index (χ1v) is 6.85. The zero-order valence-electron chi connectivity index (χ0n) is 11.3. The van der Waals surface area contributed by atoms with Gasteiger partial charge >= 0.3 is 0 Å². The Bertz CT molecular complexity index is 324. The normalized spacial score (nSPS) is 25.1. The lowest BCUT2D eigenvalue weighted by Gasteiger charge is -2.29. The molecule has 2 saturated heterocycles. The van der Waals surface area contributed by atoms with Crippen molar-refractivity contribution in [2.75, 3.05) is 39.3 Å². The van der Waals surface area contributed by atoms with E-state index in [9.17, 15) is 9.59 Å². The second-order valence-corrected chi connectivity index (χ2v) is 5.67. The standard InChI is InChI=1S/C13H23N3O2/c1-10(2)8-16-9-11(7-12(16)17)13(18)15-5-3-14-4-6-15/h10-11,14H,3-9H2,1-2H3. The maximum absolute atomic E-state index is 12.3. The summed E-state index contributed by atoms with van der Waals surface area (Å²) in [6, 6.07) is 0. The molecule has 0 saturated carbocycles. The maximum atomic E-state index is 12.3. The summed E-state index contributed by atoms with van der Waals surface area (Å²) < 4.78 is 0. The van der Waals surface area contributed by atoms with Gasteiger partial charge in [0, 0.05) is 45.7 Å². The van der Waals surface area contributed by atoms with Gasteiger partial charge in [-0.3, -0.25) is 9.59 Å². The van der Waals surface area contributed by atoms with Crippen molar-refractivity contribution >= 4 is 11.8 Å². The molecule has 5 heteroatoms. The number of likely N-dealkylation sites (tertiary alicyclic amines) is 1. The van der Waals surface area contributed by atoms with Gasteiger partial charge in [-0.25, -0.2) is 0 Å². The molecule has 2 rings (SSSR count). The molecule has 5 nitrogen and oxygen atoms in total. The fourth-order valence-corrected chi connectivity index (χ4v) is 2.70. The van der Waals surface area contributed by atoms with Gasteiger partial charge in [0.2, 0.25) is 11.8 Å². The van der Waals surface area contributed by atoms with Crippen LogP contribution < -0.4 is 5.32 Å². The highest BCUT2D eigenvalue weighted by Crippen LogP contribution is 2.21. The van der Waals surface area contributed by atoms with E-state index in [1.807, 2.05) is 9.80 Å². The lowest BCUT2D eigenvalue weighted by atomic mass is 10.1. The van der Waals surface area contributed by atoms with Gasteiger partial charge in [0.25, 0.3) is 0 Å². The SMILES string of the molecule is CC(C)CN1CC(C(=O)N2CCNCC2)CC1=O. The molecule has 0 aromatic carbocycles. The minimum absolute atomic E-state index is 0.116. The van der Waals surface area contributed by atoms with Crippen molar-refractivity contribution in [3.8, 4) is 0 Å². The lowest BCUT2D eigenvalue weighted by molar-refractivity contribution is -0.136. The zero-order chi connectivity index (χ0) is 13.1. The van der Waals surface area contributed by atoms with Crippen molar-refractivity contribution in [3.63, 3.8) is 0 Å². The first-order chi connectivity index (χ1) is 8.58. The average molecular weight is 253 g/mol. The quantitative estimate of drug-likeness (QED) is 0.765.